The number of anilines is 1. The van der Waals surface area contributed by atoms with E-state index in [4.69, 9.17) is 0 Å². The van der Waals surface area contributed by atoms with Crippen LogP contribution >= 0.6 is 31.9 Å². The number of rotatable bonds is 2. The lowest BCUT2D eigenvalue weighted by molar-refractivity contribution is 0.102. The highest BCUT2D eigenvalue weighted by molar-refractivity contribution is 9.11. The van der Waals surface area contributed by atoms with E-state index in [1.54, 1.807) is 6.07 Å². The van der Waals surface area contributed by atoms with Gasteiger partial charge in [-0.15, -0.1) is 0 Å². The molecule has 0 saturated heterocycles. The molecule has 0 atom stereocenters. The summed E-state index contributed by atoms with van der Waals surface area (Å²) in [5.74, 6) is 0.162. The Morgan fingerprint density at radius 3 is 2.57 bits per heavy atom. The molecule has 104 valence electrons. The molecule has 2 aromatic carbocycles. The number of nitrogens with zero attached hydrogens (tertiary/aromatic N) is 2. The topological polar surface area (TPSA) is 54.9 Å². The standard InChI is InChI=1S/C15H9Br2N3O/c16-12-8-18-14(13(17)19-12)20-15(21)11-6-5-9-3-1-2-4-10(9)7-11/h1-8H,(H,18,20,21). The molecule has 0 radical (unpaired) electrons. The zero-order chi connectivity index (χ0) is 14.8. The number of nitrogens with one attached hydrogen (secondary N) is 1. The van der Waals surface area contributed by atoms with E-state index in [0.29, 0.717) is 20.6 Å². The van der Waals surface area contributed by atoms with Gasteiger partial charge in [-0.2, -0.15) is 0 Å². The summed E-state index contributed by atoms with van der Waals surface area (Å²) in [5.41, 5.74) is 0.574. The van der Waals surface area contributed by atoms with Crippen molar-refractivity contribution in [1.29, 1.82) is 0 Å². The predicted octanol–water partition coefficient (Wildman–Crippen LogP) is 4.41. The minimum Gasteiger partial charge on any atom is -0.304 e. The second kappa shape index (κ2) is 5.91. The third kappa shape index (κ3) is 3.11. The number of hydrogen-bond donors (Lipinski definition) is 1. The van der Waals surface area contributed by atoms with Crippen molar-refractivity contribution in [3.63, 3.8) is 0 Å². The van der Waals surface area contributed by atoms with Crippen LogP contribution in [0.5, 0.6) is 0 Å². The van der Waals surface area contributed by atoms with Crippen molar-refractivity contribution in [2.24, 2.45) is 0 Å². The molecule has 0 bridgehead atoms. The van der Waals surface area contributed by atoms with Gasteiger partial charge in [-0.3, -0.25) is 4.79 Å². The number of fused-ring (bicyclic) bond motifs is 1. The van der Waals surface area contributed by atoms with Crippen LogP contribution < -0.4 is 5.32 Å². The van der Waals surface area contributed by atoms with Gasteiger partial charge in [0.05, 0.1) is 6.20 Å². The molecule has 21 heavy (non-hydrogen) atoms. The fourth-order valence-electron chi connectivity index (χ4n) is 1.94. The average Bonchev–Trinajstić information content (AvgIpc) is 2.49. The number of aromatic nitrogens is 2. The van der Waals surface area contributed by atoms with E-state index in [2.05, 4.69) is 47.1 Å². The van der Waals surface area contributed by atoms with E-state index < -0.39 is 0 Å². The van der Waals surface area contributed by atoms with E-state index in [1.807, 2.05) is 36.4 Å². The van der Waals surface area contributed by atoms with Crippen molar-refractivity contribution in [2.75, 3.05) is 5.32 Å². The van der Waals surface area contributed by atoms with Crippen LogP contribution in [0.4, 0.5) is 5.82 Å². The van der Waals surface area contributed by atoms with Crippen molar-refractivity contribution in [1.82, 2.24) is 9.97 Å². The van der Waals surface area contributed by atoms with Crippen LogP contribution in [0.1, 0.15) is 10.4 Å². The maximum atomic E-state index is 12.3. The van der Waals surface area contributed by atoms with Gasteiger partial charge in [0, 0.05) is 5.56 Å². The summed E-state index contributed by atoms with van der Waals surface area (Å²) in [6, 6.07) is 13.5. The maximum absolute atomic E-state index is 12.3. The Kier molecular flexibility index (Phi) is 3.98. The highest BCUT2D eigenvalue weighted by Gasteiger charge is 2.11. The molecule has 3 aromatic rings. The number of carbonyl (C=O) groups is 1. The molecule has 6 heteroatoms. The fraction of sp³-hybridized carbons (Fsp3) is 0. The molecule has 1 heterocycles. The molecule has 0 spiro atoms. The first-order valence-electron chi connectivity index (χ1n) is 6.12. The fourth-order valence-corrected chi connectivity index (χ4v) is 2.85. The molecule has 0 aliphatic carbocycles. The third-order valence-corrected chi connectivity index (χ3v) is 3.88. The summed E-state index contributed by atoms with van der Waals surface area (Å²) in [5, 5.41) is 4.85. The molecule has 4 nitrogen and oxygen atoms in total. The minimum absolute atomic E-state index is 0.224. The molecular formula is C15H9Br2N3O. The van der Waals surface area contributed by atoms with E-state index >= 15 is 0 Å². The highest BCUT2D eigenvalue weighted by Crippen LogP contribution is 2.21. The lowest BCUT2D eigenvalue weighted by Crippen LogP contribution is -2.13. The van der Waals surface area contributed by atoms with Crippen LogP contribution in [-0.4, -0.2) is 15.9 Å². The largest absolute Gasteiger partial charge is 0.304 e. The first-order chi connectivity index (χ1) is 10.1. The van der Waals surface area contributed by atoms with Crippen LogP contribution in [-0.2, 0) is 0 Å². The Bertz CT molecular complexity index is 836. The summed E-state index contributed by atoms with van der Waals surface area (Å²) in [4.78, 5) is 20.5. The molecule has 0 saturated carbocycles. The van der Waals surface area contributed by atoms with Crippen LogP contribution in [0, 0.1) is 0 Å². The second-order valence-corrected chi connectivity index (χ2v) is 5.91. The van der Waals surface area contributed by atoms with Crippen LogP contribution in [0.2, 0.25) is 0 Å². The van der Waals surface area contributed by atoms with Crippen molar-refractivity contribution in [2.45, 2.75) is 0 Å². The number of amides is 1. The molecule has 0 unspecified atom stereocenters. The zero-order valence-corrected chi connectivity index (χ0v) is 13.8. The Hall–Kier alpha value is -1.79. The Morgan fingerprint density at radius 1 is 1.05 bits per heavy atom. The summed E-state index contributed by atoms with van der Waals surface area (Å²) in [6.07, 6.45) is 1.53. The van der Waals surface area contributed by atoms with Gasteiger partial charge in [0.15, 0.2) is 5.82 Å². The van der Waals surface area contributed by atoms with Crippen molar-refractivity contribution in [3.05, 3.63) is 63.4 Å². The molecule has 0 fully saturated rings. The van der Waals surface area contributed by atoms with Crippen molar-refractivity contribution < 1.29 is 4.79 Å². The van der Waals surface area contributed by atoms with Gasteiger partial charge in [0.2, 0.25) is 0 Å². The molecule has 1 N–H and O–H groups in total. The maximum Gasteiger partial charge on any atom is 0.256 e. The first-order valence-corrected chi connectivity index (χ1v) is 7.70. The Labute approximate surface area is 137 Å². The van der Waals surface area contributed by atoms with Gasteiger partial charge >= 0.3 is 0 Å². The van der Waals surface area contributed by atoms with Crippen LogP contribution in [0.15, 0.2) is 57.9 Å². The SMILES string of the molecule is O=C(Nc1ncc(Br)nc1Br)c1ccc2ccccc2c1. The van der Waals surface area contributed by atoms with E-state index in [0.717, 1.165) is 10.8 Å². The summed E-state index contributed by atoms with van der Waals surface area (Å²) < 4.78 is 1.07. The van der Waals surface area contributed by atoms with Crippen LogP contribution in [0.3, 0.4) is 0 Å². The molecule has 0 aliphatic heterocycles. The quantitative estimate of drug-likeness (QED) is 0.685. The first kappa shape index (κ1) is 14.2. The molecular weight excluding hydrogens is 398 g/mol. The number of carbonyl (C=O) groups excluding carboxylic acids is 1. The summed E-state index contributed by atoms with van der Waals surface area (Å²) >= 11 is 6.49. The highest BCUT2D eigenvalue weighted by atomic mass is 79.9. The smallest absolute Gasteiger partial charge is 0.256 e. The Morgan fingerprint density at radius 2 is 1.81 bits per heavy atom. The average molecular weight is 407 g/mol. The molecule has 1 amide bonds. The van der Waals surface area contributed by atoms with Gasteiger partial charge in [0.1, 0.15) is 9.21 Å². The lowest BCUT2D eigenvalue weighted by Gasteiger charge is -2.07. The third-order valence-electron chi connectivity index (χ3n) is 2.94. The van der Waals surface area contributed by atoms with Crippen LogP contribution in [0.25, 0.3) is 10.8 Å². The van der Waals surface area contributed by atoms with Crippen molar-refractivity contribution in [3.8, 4) is 0 Å². The van der Waals surface area contributed by atoms with Crippen molar-refractivity contribution >= 4 is 54.4 Å². The summed E-state index contributed by atoms with van der Waals surface area (Å²) in [6.45, 7) is 0. The van der Waals surface area contributed by atoms with Gasteiger partial charge in [-0.1, -0.05) is 30.3 Å². The lowest BCUT2D eigenvalue weighted by atomic mass is 10.1. The van der Waals surface area contributed by atoms with Gasteiger partial charge in [-0.25, -0.2) is 9.97 Å². The molecule has 1 aromatic heterocycles. The van der Waals surface area contributed by atoms with E-state index in [1.165, 1.54) is 6.20 Å². The number of halogens is 2. The predicted molar refractivity (Wildman–Crippen MR) is 89.3 cm³/mol. The number of hydrogen-bond acceptors (Lipinski definition) is 3. The monoisotopic (exact) mass is 405 g/mol. The molecule has 0 aliphatic rings. The minimum atomic E-state index is -0.224. The van der Waals surface area contributed by atoms with Gasteiger partial charge in [-0.05, 0) is 54.8 Å². The van der Waals surface area contributed by atoms with E-state index in [-0.39, 0.29) is 5.91 Å². The second-order valence-electron chi connectivity index (χ2n) is 4.35. The van der Waals surface area contributed by atoms with E-state index in [9.17, 15) is 4.79 Å². The summed E-state index contributed by atoms with van der Waals surface area (Å²) in [7, 11) is 0. The normalized spacial score (nSPS) is 10.6. The molecule has 3 rings (SSSR count). The Balaban J connectivity index is 1.89. The number of benzene rings is 2. The van der Waals surface area contributed by atoms with Gasteiger partial charge in [0.25, 0.3) is 5.91 Å². The van der Waals surface area contributed by atoms with Gasteiger partial charge < -0.3 is 5.32 Å². The zero-order valence-electron chi connectivity index (χ0n) is 10.7.